The Balaban J connectivity index is 2.20. The summed E-state index contributed by atoms with van der Waals surface area (Å²) in [5.41, 5.74) is 2.59. The maximum absolute atomic E-state index is 12.8. The van der Waals surface area contributed by atoms with Crippen LogP contribution in [0.4, 0.5) is 0 Å². The predicted octanol–water partition coefficient (Wildman–Crippen LogP) is 4.68. The third-order valence-corrected chi connectivity index (χ3v) is 6.00. The molecule has 2 N–H and O–H groups in total. The molecule has 1 amide bonds. The molecule has 4 nitrogen and oxygen atoms in total. The summed E-state index contributed by atoms with van der Waals surface area (Å²) in [7, 11) is 1.82. The molecule has 158 valence electrons. The summed E-state index contributed by atoms with van der Waals surface area (Å²) in [6.45, 7) is 12.6. The Labute approximate surface area is 171 Å². The molecular weight excluding hydrogens is 350 g/mol. The second-order valence-corrected chi connectivity index (χ2v) is 10.5. The minimum absolute atomic E-state index is 0.0589. The van der Waals surface area contributed by atoms with E-state index in [0.717, 1.165) is 42.4 Å². The van der Waals surface area contributed by atoms with Crippen molar-refractivity contribution in [2.75, 3.05) is 7.05 Å². The molecule has 0 spiro atoms. The van der Waals surface area contributed by atoms with Crippen LogP contribution in [0.3, 0.4) is 0 Å². The van der Waals surface area contributed by atoms with Crippen LogP contribution in [0, 0.1) is 0 Å². The van der Waals surface area contributed by atoms with E-state index in [1.54, 1.807) is 4.90 Å². The molecule has 4 heteroatoms. The third-order valence-electron chi connectivity index (χ3n) is 6.00. The van der Waals surface area contributed by atoms with Crippen molar-refractivity contribution in [3.8, 4) is 5.75 Å². The molecule has 2 unspecified atom stereocenters. The minimum Gasteiger partial charge on any atom is -0.507 e. The number of phenolic OH excluding ortho intramolecular Hbond substituents is 1. The number of carbonyl (C=O) groups excluding carboxylic acids is 1. The van der Waals surface area contributed by atoms with Gasteiger partial charge in [-0.2, -0.15) is 0 Å². The average molecular weight is 390 g/mol. The molecule has 0 heterocycles. The summed E-state index contributed by atoms with van der Waals surface area (Å²) < 4.78 is 0. The van der Waals surface area contributed by atoms with E-state index in [4.69, 9.17) is 0 Å². The third kappa shape index (κ3) is 5.28. The molecule has 1 aliphatic carbocycles. The van der Waals surface area contributed by atoms with Gasteiger partial charge in [0.1, 0.15) is 5.75 Å². The van der Waals surface area contributed by atoms with Crippen LogP contribution in [-0.4, -0.2) is 40.2 Å². The SMILES string of the molecule is CN(C(=O)CCc1cc(C(C)(C)C)c(O)c(C(C)(C)C)c1)C1CCCCC1O. The molecule has 2 rings (SSSR count). The van der Waals surface area contributed by atoms with E-state index < -0.39 is 6.10 Å². The number of amides is 1. The van der Waals surface area contributed by atoms with Gasteiger partial charge in [-0.15, -0.1) is 0 Å². The highest BCUT2D eigenvalue weighted by Gasteiger charge is 2.30. The van der Waals surface area contributed by atoms with Crippen molar-refractivity contribution in [1.29, 1.82) is 0 Å². The van der Waals surface area contributed by atoms with E-state index in [1.807, 2.05) is 19.2 Å². The first-order chi connectivity index (χ1) is 12.8. The molecule has 0 aromatic heterocycles. The number of aryl methyl sites for hydroxylation is 1. The van der Waals surface area contributed by atoms with Crippen LogP contribution >= 0.6 is 0 Å². The number of nitrogens with zero attached hydrogens (tertiary/aromatic N) is 1. The average Bonchev–Trinajstić information content (AvgIpc) is 2.58. The van der Waals surface area contributed by atoms with Crippen LogP contribution in [0.5, 0.6) is 5.75 Å². The van der Waals surface area contributed by atoms with Crippen molar-refractivity contribution in [2.45, 2.75) is 103 Å². The number of aromatic hydroxyl groups is 1. The molecule has 0 bridgehead atoms. The van der Waals surface area contributed by atoms with Crippen LogP contribution < -0.4 is 0 Å². The quantitative estimate of drug-likeness (QED) is 0.786. The summed E-state index contributed by atoms with van der Waals surface area (Å²) in [4.78, 5) is 14.5. The van der Waals surface area contributed by atoms with Gasteiger partial charge in [0.15, 0.2) is 0 Å². The van der Waals surface area contributed by atoms with Gasteiger partial charge >= 0.3 is 0 Å². The number of hydrogen-bond acceptors (Lipinski definition) is 3. The van der Waals surface area contributed by atoms with Crippen molar-refractivity contribution < 1.29 is 15.0 Å². The summed E-state index contributed by atoms with van der Waals surface area (Å²) in [6, 6.07) is 4.04. The normalized spacial score (nSPS) is 20.9. The zero-order chi connectivity index (χ0) is 21.3. The molecule has 1 fully saturated rings. The second-order valence-electron chi connectivity index (χ2n) is 10.5. The Kier molecular flexibility index (Phi) is 6.86. The lowest BCUT2D eigenvalue weighted by atomic mass is 9.78. The van der Waals surface area contributed by atoms with Gasteiger partial charge < -0.3 is 15.1 Å². The standard InChI is InChI=1S/C24H39NO3/c1-23(2,3)17-14-16(15-18(22(17)28)24(4,5)6)12-13-21(27)25(7)19-10-8-9-11-20(19)26/h14-15,19-20,26,28H,8-13H2,1-7H3. The fourth-order valence-corrected chi connectivity index (χ4v) is 4.14. The van der Waals surface area contributed by atoms with Crippen LogP contribution in [0.15, 0.2) is 12.1 Å². The fraction of sp³-hybridized carbons (Fsp3) is 0.708. The molecule has 28 heavy (non-hydrogen) atoms. The van der Waals surface area contributed by atoms with Gasteiger partial charge in [0.25, 0.3) is 0 Å². The highest BCUT2D eigenvalue weighted by molar-refractivity contribution is 5.76. The molecule has 1 aliphatic rings. The maximum atomic E-state index is 12.8. The Morgan fingerprint density at radius 1 is 1.04 bits per heavy atom. The Morgan fingerprint density at radius 2 is 1.54 bits per heavy atom. The molecule has 2 atom stereocenters. The van der Waals surface area contributed by atoms with Crippen molar-refractivity contribution in [3.63, 3.8) is 0 Å². The van der Waals surface area contributed by atoms with Gasteiger partial charge in [-0.25, -0.2) is 0 Å². The zero-order valence-electron chi connectivity index (χ0n) is 18.8. The van der Waals surface area contributed by atoms with E-state index in [0.29, 0.717) is 18.6 Å². The number of aliphatic hydroxyl groups excluding tert-OH is 1. The van der Waals surface area contributed by atoms with Gasteiger partial charge in [-0.05, 0) is 46.8 Å². The largest absolute Gasteiger partial charge is 0.507 e. The number of rotatable bonds is 4. The van der Waals surface area contributed by atoms with Crippen LogP contribution in [-0.2, 0) is 22.0 Å². The number of likely N-dealkylation sites (N-methyl/N-ethyl adjacent to an activating group) is 1. The van der Waals surface area contributed by atoms with Crippen molar-refractivity contribution in [1.82, 2.24) is 4.90 Å². The summed E-state index contributed by atoms with van der Waals surface area (Å²) in [5.74, 6) is 0.450. The van der Waals surface area contributed by atoms with E-state index in [9.17, 15) is 15.0 Å². The van der Waals surface area contributed by atoms with Gasteiger partial charge in [0.2, 0.25) is 5.91 Å². The minimum atomic E-state index is -0.406. The summed E-state index contributed by atoms with van der Waals surface area (Å²) in [6.07, 6.45) is 4.42. The predicted molar refractivity (Wildman–Crippen MR) is 115 cm³/mol. The summed E-state index contributed by atoms with van der Waals surface area (Å²) in [5, 5.41) is 21.1. The Hall–Kier alpha value is -1.55. The van der Waals surface area contributed by atoms with E-state index in [1.165, 1.54) is 0 Å². The number of benzene rings is 1. The topological polar surface area (TPSA) is 60.8 Å². The number of phenols is 1. The van der Waals surface area contributed by atoms with Gasteiger partial charge in [-0.3, -0.25) is 4.79 Å². The molecule has 1 aromatic rings. The Bertz CT molecular complexity index is 662. The van der Waals surface area contributed by atoms with Crippen LogP contribution in [0.2, 0.25) is 0 Å². The highest BCUT2D eigenvalue weighted by Crippen LogP contribution is 2.40. The van der Waals surface area contributed by atoms with E-state index in [2.05, 4.69) is 41.5 Å². The molecule has 1 aromatic carbocycles. The molecular formula is C24H39NO3. The first-order valence-corrected chi connectivity index (χ1v) is 10.6. The number of carbonyl (C=O) groups is 1. The summed E-state index contributed by atoms with van der Waals surface area (Å²) >= 11 is 0. The number of hydrogen-bond donors (Lipinski definition) is 2. The molecule has 1 saturated carbocycles. The molecule has 0 radical (unpaired) electrons. The van der Waals surface area contributed by atoms with Crippen molar-refractivity contribution in [3.05, 3.63) is 28.8 Å². The van der Waals surface area contributed by atoms with Crippen LogP contribution in [0.1, 0.15) is 90.3 Å². The highest BCUT2D eigenvalue weighted by atomic mass is 16.3. The van der Waals surface area contributed by atoms with Gasteiger partial charge in [-0.1, -0.05) is 66.5 Å². The van der Waals surface area contributed by atoms with Gasteiger partial charge in [0, 0.05) is 13.5 Å². The molecule has 0 saturated heterocycles. The lowest BCUT2D eigenvalue weighted by Crippen LogP contribution is -2.46. The Morgan fingerprint density at radius 3 is 2.00 bits per heavy atom. The number of aliphatic hydroxyl groups is 1. The van der Waals surface area contributed by atoms with Crippen LogP contribution in [0.25, 0.3) is 0 Å². The monoisotopic (exact) mass is 389 g/mol. The smallest absolute Gasteiger partial charge is 0.222 e. The first kappa shape index (κ1) is 22.7. The maximum Gasteiger partial charge on any atom is 0.222 e. The van der Waals surface area contributed by atoms with E-state index in [-0.39, 0.29) is 22.8 Å². The van der Waals surface area contributed by atoms with E-state index >= 15 is 0 Å². The molecule has 0 aliphatic heterocycles. The fourth-order valence-electron chi connectivity index (χ4n) is 4.14. The second kappa shape index (κ2) is 8.44. The first-order valence-electron chi connectivity index (χ1n) is 10.6. The zero-order valence-corrected chi connectivity index (χ0v) is 18.8. The lowest BCUT2D eigenvalue weighted by molar-refractivity contribution is -0.135. The van der Waals surface area contributed by atoms with Gasteiger partial charge in [0.05, 0.1) is 12.1 Å². The lowest BCUT2D eigenvalue weighted by Gasteiger charge is -2.35. The van der Waals surface area contributed by atoms with Crippen molar-refractivity contribution in [2.24, 2.45) is 0 Å². The van der Waals surface area contributed by atoms with Crippen molar-refractivity contribution >= 4 is 5.91 Å².